The highest BCUT2D eigenvalue weighted by atomic mass is 35.5. The lowest BCUT2D eigenvalue weighted by atomic mass is 9.94. The van der Waals surface area contributed by atoms with E-state index in [-0.39, 0.29) is 11.4 Å². The Morgan fingerprint density at radius 2 is 1.70 bits per heavy atom. The van der Waals surface area contributed by atoms with Crippen LogP contribution in [0, 0.1) is 5.82 Å². The van der Waals surface area contributed by atoms with Crippen molar-refractivity contribution in [1.29, 1.82) is 0 Å². The minimum absolute atomic E-state index is 0.295. The first kappa shape index (κ1) is 15.3. The van der Waals surface area contributed by atoms with Crippen LogP contribution in [0.5, 0.6) is 0 Å². The van der Waals surface area contributed by atoms with E-state index in [4.69, 9.17) is 23.2 Å². The van der Waals surface area contributed by atoms with Gasteiger partial charge in [-0.25, -0.2) is 4.39 Å². The number of nitrogens with one attached hydrogen (secondary N) is 1. The largest absolute Gasteiger partial charge is 0.304 e. The fourth-order valence-electron chi connectivity index (χ4n) is 1.98. The summed E-state index contributed by atoms with van der Waals surface area (Å²) in [4.78, 5) is 0. The van der Waals surface area contributed by atoms with Crippen LogP contribution in [0.4, 0.5) is 4.39 Å². The topological polar surface area (TPSA) is 12.0 Å². The molecule has 0 bridgehead atoms. The molecule has 1 nitrogen and oxygen atoms in total. The molecule has 0 amide bonds. The molecule has 2 aromatic carbocycles. The van der Waals surface area contributed by atoms with Gasteiger partial charge in [-0.3, -0.25) is 0 Å². The lowest BCUT2D eigenvalue weighted by molar-refractivity contribution is 0.396. The minimum atomic E-state index is -0.309. The number of halogens is 3. The molecule has 2 aromatic rings. The molecule has 0 aliphatic heterocycles. The van der Waals surface area contributed by atoms with Crippen LogP contribution in [-0.2, 0) is 12.1 Å². The molecule has 0 unspecified atom stereocenters. The van der Waals surface area contributed by atoms with E-state index in [9.17, 15) is 4.39 Å². The van der Waals surface area contributed by atoms with E-state index in [2.05, 4.69) is 5.32 Å². The van der Waals surface area contributed by atoms with Crippen LogP contribution in [0.2, 0.25) is 10.0 Å². The first-order valence-corrected chi connectivity index (χ1v) is 7.10. The molecule has 0 atom stereocenters. The van der Waals surface area contributed by atoms with E-state index in [0.717, 1.165) is 5.56 Å². The van der Waals surface area contributed by atoms with E-state index < -0.39 is 0 Å². The molecule has 0 spiro atoms. The predicted octanol–water partition coefficient (Wildman–Crippen LogP) is 5.16. The summed E-state index contributed by atoms with van der Waals surface area (Å²) in [6.45, 7) is 4.43. The highest BCUT2D eigenvalue weighted by Crippen LogP contribution is 2.24. The zero-order chi connectivity index (χ0) is 14.8. The van der Waals surface area contributed by atoms with E-state index in [0.29, 0.717) is 22.2 Å². The Labute approximate surface area is 128 Å². The van der Waals surface area contributed by atoms with Crippen LogP contribution in [-0.4, -0.2) is 0 Å². The van der Waals surface area contributed by atoms with Crippen molar-refractivity contribution in [1.82, 2.24) is 5.32 Å². The van der Waals surface area contributed by atoms with Crippen molar-refractivity contribution in [3.8, 4) is 0 Å². The molecule has 0 radical (unpaired) electrons. The third-order valence-electron chi connectivity index (χ3n) is 3.33. The van der Waals surface area contributed by atoms with Crippen molar-refractivity contribution in [2.45, 2.75) is 25.9 Å². The van der Waals surface area contributed by atoms with Gasteiger partial charge in [0.2, 0.25) is 0 Å². The maximum absolute atomic E-state index is 13.7. The third-order valence-corrected chi connectivity index (χ3v) is 3.94. The van der Waals surface area contributed by atoms with Crippen LogP contribution in [0.3, 0.4) is 0 Å². The molecule has 0 heterocycles. The number of benzene rings is 2. The van der Waals surface area contributed by atoms with Crippen molar-refractivity contribution < 1.29 is 4.39 Å². The lowest BCUT2D eigenvalue weighted by Gasteiger charge is -2.27. The molecule has 0 aliphatic carbocycles. The maximum Gasteiger partial charge on any atom is 0.129 e. The fourth-order valence-corrected chi connectivity index (χ4v) is 2.34. The number of hydrogen-bond donors (Lipinski definition) is 1. The SMILES string of the molecule is CC(C)(NCc1c(F)cccc1Cl)c1ccc(Cl)cc1. The quantitative estimate of drug-likeness (QED) is 0.822. The summed E-state index contributed by atoms with van der Waals surface area (Å²) in [6, 6.07) is 12.3. The highest BCUT2D eigenvalue weighted by Gasteiger charge is 2.20. The van der Waals surface area contributed by atoms with Crippen LogP contribution in [0.15, 0.2) is 42.5 Å². The molecule has 0 aliphatic rings. The molecule has 0 saturated carbocycles. The smallest absolute Gasteiger partial charge is 0.129 e. The van der Waals surface area contributed by atoms with Crippen molar-refractivity contribution >= 4 is 23.2 Å². The minimum Gasteiger partial charge on any atom is -0.304 e. The maximum atomic E-state index is 13.7. The standard InChI is InChI=1S/C16H16Cl2FN/c1-16(2,11-6-8-12(17)9-7-11)20-10-13-14(18)4-3-5-15(13)19/h3-9,20H,10H2,1-2H3. The normalized spacial score (nSPS) is 11.7. The van der Waals surface area contributed by atoms with Gasteiger partial charge in [0, 0.05) is 27.7 Å². The molecule has 20 heavy (non-hydrogen) atoms. The van der Waals surface area contributed by atoms with Crippen LogP contribution >= 0.6 is 23.2 Å². The van der Waals surface area contributed by atoms with Crippen molar-refractivity contribution in [3.05, 3.63) is 69.5 Å². The molecular weight excluding hydrogens is 296 g/mol. The van der Waals surface area contributed by atoms with E-state index in [1.807, 2.05) is 38.1 Å². The van der Waals surface area contributed by atoms with Gasteiger partial charge in [-0.05, 0) is 43.7 Å². The van der Waals surface area contributed by atoms with Gasteiger partial charge in [0.15, 0.2) is 0 Å². The second kappa shape index (κ2) is 6.13. The van der Waals surface area contributed by atoms with E-state index >= 15 is 0 Å². The number of hydrogen-bond acceptors (Lipinski definition) is 1. The molecule has 0 aromatic heterocycles. The second-order valence-corrected chi connectivity index (χ2v) is 6.03. The van der Waals surface area contributed by atoms with Crippen LogP contribution in [0.25, 0.3) is 0 Å². The van der Waals surface area contributed by atoms with Gasteiger partial charge in [-0.2, -0.15) is 0 Å². The lowest BCUT2D eigenvalue weighted by Crippen LogP contribution is -2.36. The fraction of sp³-hybridized carbons (Fsp3) is 0.250. The van der Waals surface area contributed by atoms with E-state index in [1.165, 1.54) is 6.07 Å². The highest BCUT2D eigenvalue weighted by molar-refractivity contribution is 6.31. The Morgan fingerprint density at radius 1 is 1.05 bits per heavy atom. The van der Waals surface area contributed by atoms with Gasteiger partial charge in [-0.15, -0.1) is 0 Å². The summed E-state index contributed by atoms with van der Waals surface area (Å²) in [5, 5.41) is 4.46. The summed E-state index contributed by atoms with van der Waals surface area (Å²) in [6.07, 6.45) is 0. The molecule has 2 rings (SSSR count). The zero-order valence-electron chi connectivity index (χ0n) is 11.4. The molecule has 4 heteroatoms. The van der Waals surface area contributed by atoms with Crippen LogP contribution in [0.1, 0.15) is 25.0 Å². The average Bonchev–Trinajstić information content (AvgIpc) is 2.38. The zero-order valence-corrected chi connectivity index (χ0v) is 12.9. The Kier molecular flexibility index (Phi) is 4.69. The summed E-state index contributed by atoms with van der Waals surface area (Å²) < 4.78 is 13.7. The summed E-state index contributed by atoms with van der Waals surface area (Å²) in [5.41, 5.74) is 1.25. The monoisotopic (exact) mass is 311 g/mol. The number of rotatable bonds is 4. The van der Waals surface area contributed by atoms with Gasteiger partial charge < -0.3 is 5.32 Å². The Hall–Kier alpha value is -1.09. The average molecular weight is 312 g/mol. The van der Waals surface area contributed by atoms with Gasteiger partial charge in [0.1, 0.15) is 5.82 Å². The molecule has 1 N–H and O–H groups in total. The van der Waals surface area contributed by atoms with Gasteiger partial charge >= 0.3 is 0 Å². The summed E-state index contributed by atoms with van der Waals surface area (Å²) in [7, 11) is 0. The van der Waals surface area contributed by atoms with Gasteiger partial charge in [0.05, 0.1) is 0 Å². The van der Waals surface area contributed by atoms with Gasteiger partial charge in [-0.1, -0.05) is 41.4 Å². The molecule has 106 valence electrons. The molecule has 0 fully saturated rings. The Morgan fingerprint density at radius 3 is 2.30 bits per heavy atom. The van der Waals surface area contributed by atoms with Crippen molar-refractivity contribution in [2.24, 2.45) is 0 Å². The Bertz CT molecular complexity index is 574. The van der Waals surface area contributed by atoms with Crippen molar-refractivity contribution in [3.63, 3.8) is 0 Å². The predicted molar refractivity (Wildman–Crippen MR) is 82.7 cm³/mol. The Balaban J connectivity index is 2.15. The van der Waals surface area contributed by atoms with E-state index in [1.54, 1.807) is 12.1 Å². The second-order valence-electron chi connectivity index (χ2n) is 5.19. The summed E-state index contributed by atoms with van der Waals surface area (Å²) in [5.74, 6) is -0.295. The summed E-state index contributed by atoms with van der Waals surface area (Å²) >= 11 is 11.9. The van der Waals surface area contributed by atoms with Gasteiger partial charge in [0.25, 0.3) is 0 Å². The third kappa shape index (κ3) is 3.51. The molecular formula is C16H16Cl2FN. The van der Waals surface area contributed by atoms with Crippen LogP contribution < -0.4 is 5.32 Å². The first-order valence-electron chi connectivity index (χ1n) is 6.34. The van der Waals surface area contributed by atoms with Crippen molar-refractivity contribution in [2.75, 3.05) is 0 Å². The molecule has 0 saturated heterocycles. The first-order chi connectivity index (χ1) is 9.40.